The third-order valence-corrected chi connectivity index (χ3v) is 3.78. The Morgan fingerprint density at radius 3 is 3.00 bits per heavy atom. The van der Waals surface area contributed by atoms with Crippen LogP contribution in [0.2, 0.25) is 5.02 Å². The molecule has 2 N–H and O–H groups in total. The first kappa shape index (κ1) is 13.2. The fourth-order valence-corrected chi connectivity index (χ4v) is 2.56. The zero-order valence-electron chi connectivity index (χ0n) is 10.0. The summed E-state index contributed by atoms with van der Waals surface area (Å²) in [4.78, 5) is 5.26. The molecule has 1 heterocycles. The molecule has 2 rings (SSSR count). The van der Waals surface area contributed by atoms with E-state index in [9.17, 15) is 0 Å². The Balaban J connectivity index is 1.97. The van der Waals surface area contributed by atoms with Gasteiger partial charge >= 0.3 is 0 Å². The Morgan fingerprint density at radius 2 is 2.28 bits per heavy atom. The molecule has 6 heteroatoms. The molecule has 0 aliphatic carbocycles. The molecule has 0 unspecified atom stereocenters. The van der Waals surface area contributed by atoms with Gasteiger partial charge in [0.05, 0.1) is 10.8 Å². The summed E-state index contributed by atoms with van der Waals surface area (Å²) in [6, 6.07) is 5.46. The SMILES string of the molecule is CCCc1nc(CSc2ccc(N)cc2Cl)no1. The number of nitrogen functional groups attached to an aromatic ring is 1. The molecule has 0 aliphatic rings. The van der Waals surface area contributed by atoms with E-state index in [4.69, 9.17) is 21.9 Å². The van der Waals surface area contributed by atoms with E-state index in [0.29, 0.717) is 28.2 Å². The van der Waals surface area contributed by atoms with Crippen molar-refractivity contribution in [2.75, 3.05) is 5.73 Å². The van der Waals surface area contributed by atoms with Gasteiger partial charge in [-0.25, -0.2) is 0 Å². The molecule has 0 saturated carbocycles. The van der Waals surface area contributed by atoms with Crippen molar-refractivity contribution in [3.63, 3.8) is 0 Å². The maximum Gasteiger partial charge on any atom is 0.226 e. The van der Waals surface area contributed by atoms with Gasteiger partial charge < -0.3 is 10.3 Å². The number of thioether (sulfide) groups is 1. The van der Waals surface area contributed by atoms with Crippen molar-refractivity contribution in [3.05, 3.63) is 34.9 Å². The smallest absolute Gasteiger partial charge is 0.226 e. The normalized spacial score (nSPS) is 10.8. The molecule has 18 heavy (non-hydrogen) atoms. The summed E-state index contributed by atoms with van der Waals surface area (Å²) in [5, 5.41) is 4.57. The molecule has 0 atom stereocenters. The average Bonchev–Trinajstić information content (AvgIpc) is 2.76. The van der Waals surface area contributed by atoms with Crippen LogP contribution in [0.4, 0.5) is 5.69 Å². The van der Waals surface area contributed by atoms with Gasteiger partial charge in [0.1, 0.15) is 0 Å². The molecule has 0 bridgehead atoms. The average molecular weight is 284 g/mol. The fourth-order valence-electron chi connectivity index (χ4n) is 1.44. The highest BCUT2D eigenvalue weighted by atomic mass is 35.5. The van der Waals surface area contributed by atoms with Gasteiger partial charge in [0, 0.05) is 17.0 Å². The van der Waals surface area contributed by atoms with Crippen LogP contribution in [0, 0.1) is 0 Å². The lowest BCUT2D eigenvalue weighted by atomic mass is 10.3. The predicted molar refractivity (Wildman–Crippen MR) is 73.7 cm³/mol. The predicted octanol–water partition coefficient (Wildman–Crippen LogP) is 3.55. The molecule has 4 nitrogen and oxygen atoms in total. The number of nitrogens with two attached hydrogens (primary N) is 1. The number of aryl methyl sites for hydroxylation is 1. The third-order valence-electron chi connectivity index (χ3n) is 2.29. The van der Waals surface area contributed by atoms with Crippen LogP contribution in [0.25, 0.3) is 0 Å². The third kappa shape index (κ3) is 3.40. The molecule has 0 spiro atoms. The van der Waals surface area contributed by atoms with Gasteiger partial charge in [-0.1, -0.05) is 23.7 Å². The van der Waals surface area contributed by atoms with Crippen LogP contribution < -0.4 is 5.73 Å². The van der Waals surface area contributed by atoms with Crippen LogP contribution >= 0.6 is 23.4 Å². The fraction of sp³-hybridized carbons (Fsp3) is 0.333. The van der Waals surface area contributed by atoms with Crippen LogP contribution in [0.5, 0.6) is 0 Å². The maximum absolute atomic E-state index is 6.09. The Hall–Kier alpha value is -1.20. The highest BCUT2D eigenvalue weighted by Crippen LogP contribution is 2.30. The minimum absolute atomic E-state index is 0.636. The number of hydrogen-bond acceptors (Lipinski definition) is 5. The van der Waals surface area contributed by atoms with Crippen LogP contribution in [0.15, 0.2) is 27.6 Å². The van der Waals surface area contributed by atoms with Crippen molar-refractivity contribution in [2.45, 2.75) is 30.4 Å². The quantitative estimate of drug-likeness (QED) is 0.671. The van der Waals surface area contributed by atoms with Gasteiger partial charge in [-0.15, -0.1) is 11.8 Å². The van der Waals surface area contributed by atoms with Crippen LogP contribution in [0.1, 0.15) is 25.1 Å². The number of benzene rings is 1. The number of halogens is 1. The van der Waals surface area contributed by atoms with Crippen molar-refractivity contribution in [2.24, 2.45) is 0 Å². The number of hydrogen-bond donors (Lipinski definition) is 1. The van der Waals surface area contributed by atoms with E-state index in [2.05, 4.69) is 17.1 Å². The second-order valence-corrected chi connectivity index (χ2v) is 5.26. The molecular weight excluding hydrogens is 270 g/mol. The summed E-state index contributed by atoms with van der Waals surface area (Å²) < 4.78 is 5.12. The summed E-state index contributed by atoms with van der Waals surface area (Å²) in [6.45, 7) is 2.08. The lowest BCUT2D eigenvalue weighted by molar-refractivity contribution is 0.373. The van der Waals surface area contributed by atoms with Gasteiger partial charge in [-0.2, -0.15) is 4.98 Å². The van der Waals surface area contributed by atoms with Crippen LogP contribution in [-0.4, -0.2) is 10.1 Å². The van der Waals surface area contributed by atoms with Crippen molar-refractivity contribution in [1.82, 2.24) is 10.1 Å². The van der Waals surface area contributed by atoms with E-state index < -0.39 is 0 Å². The highest BCUT2D eigenvalue weighted by Gasteiger charge is 2.07. The Morgan fingerprint density at radius 1 is 1.44 bits per heavy atom. The lowest BCUT2D eigenvalue weighted by Crippen LogP contribution is -1.88. The molecule has 1 aromatic heterocycles. The molecule has 1 aromatic carbocycles. The molecule has 2 aromatic rings. The van der Waals surface area contributed by atoms with Gasteiger partial charge in [0.2, 0.25) is 5.89 Å². The van der Waals surface area contributed by atoms with Gasteiger partial charge in [0.25, 0.3) is 0 Å². The van der Waals surface area contributed by atoms with E-state index in [1.54, 1.807) is 17.8 Å². The maximum atomic E-state index is 6.09. The van der Waals surface area contributed by atoms with Crippen LogP contribution in [-0.2, 0) is 12.2 Å². The standard InChI is InChI=1S/C12H14ClN3OS/c1-2-3-12-15-11(16-17-12)7-18-10-5-4-8(14)6-9(10)13/h4-6H,2-3,7,14H2,1H3. The first-order chi connectivity index (χ1) is 8.69. The Bertz CT molecular complexity index is 530. The zero-order valence-corrected chi connectivity index (χ0v) is 11.6. The summed E-state index contributed by atoms with van der Waals surface area (Å²) in [5.74, 6) is 2.02. The van der Waals surface area contributed by atoms with E-state index in [1.807, 2.05) is 12.1 Å². The molecule has 0 amide bonds. The first-order valence-corrected chi connectivity index (χ1v) is 7.04. The van der Waals surface area contributed by atoms with Gasteiger partial charge in [-0.05, 0) is 24.6 Å². The van der Waals surface area contributed by atoms with Crippen molar-refractivity contribution in [1.29, 1.82) is 0 Å². The lowest BCUT2D eigenvalue weighted by Gasteiger charge is -2.02. The molecule has 0 aliphatic heterocycles. The first-order valence-electron chi connectivity index (χ1n) is 5.68. The summed E-state index contributed by atoms with van der Waals surface area (Å²) in [7, 11) is 0. The summed E-state index contributed by atoms with van der Waals surface area (Å²) >= 11 is 7.65. The number of anilines is 1. The van der Waals surface area contributed by atoms with E-state index in [-0.39, 0.29) is 0 Å². The molecule has 0 radical (unpaired) electrons. The zero-order chi connectivity index (χ0) is 13.0. The van der Waals surface area contributed by atoms with E-state index in [0.717, 1.165) is 17.7 Å². The number of aromatic nitrogens is 2. The summed E-state index contributed by atoms with van der Waals surface area (Å²) in [5.41, 5.74) is 6.30. The van der Waals surface area contributed by atoms with Gasteiger partial charge in [0.15, 0.2) is 5.82 Å². The molecule has 0 fully saturated rings. The topological polar surface area (TPSA) is 64.9 Å². The number of nitrogens with zero attached hydrogens (tertiary/aromatic N) is 2. The minimum atomic E-state index is 0.636. The Labute approximate surface area is 115 Å². The van der Waals surface area contributed by atoms with Crippen molar-refractivity contribution < 1.29 is 4.52 Å². The minimum Gasteiger partial charge on any atom is -0.399 e. The van der Waals surface area contributed by atoms with E-state index >= 15 is 0 Å². The monoisotopic (exact) mass is 283 g/mol. The van der Waals surface area contributed by atoms with Crippen molar-refractivity contribution >= 4 is 29.1 Å². The van der Waals surface area contributed by atoms with Gasteiger partial charge in [-0.3, -0.25) is 0 Å². The Kier molecular flexibility index (Phi) is 4.49. The number of rotatable bonds is 5. The molecular formula is C12H14ClN3OS. The second-order valence-electron chi connectivity index (χ2n) is 3.83. The highest BCUT2D eigenvalue weighted by molar-refractivity contribution is 7.98. The van der Waals surface area contributed by atoms with E-state index in [1.165, 1.54) is 0 Å². The largest absolute Gasteiger partial charge is 0.399 e. The second kappa shape index (κ2) is 6.11. The van der Waals surface area contributed by atoms with Crippen LogP contribution in [0.3, 0.4) is 0 Å². The summed E-state index contributed by atoms with van der Waals surface area (Å²) in [6.07, 6.45) is 1.82. The molecule has 96 valence electrons. The molecule has 0 saturated heterocycles. The van der Waals surface area contributed by atoms with Crippen molar-refractivity contribution in [3.8, 4) is 0 Å².